The number of hydrogen-bond donors (Lipinski definition) is 0. The lowest BCUT2D eigenvalue weighted by atomic mass is 9.68. The van der Waals surface area contributed by atoms with Crippen LogP contribution in [0.4, 0.5) is 0 Å². The molecule has 0 N–H and O–H groups in total. The van der Waals surface area contributed by atoms with E-state index in [1.807, 2.05) is 30.3 Å². The number of ketones is 1. The molecule has 1 aromatic rings. The van der Waals surface area contributed by atoms with Gasteiger partial charge in [-0.15, -0.1) is 0 Å². The van der Waals surface area contributed by atoms with Crippen LogP contribution in [0, 0.1) is 17.8 Å². The molecule has 2 bridgehead atoms. The normalized spacial score (nSPS) is 34.0. The summed E-state index contributed by atoms with van der Waals surface area (Å²) in [5.41, 5.74) is 0.811. The number of Topliss-reactive ketones (excluding diaryl/α,β-unsaturated/α-hetero) is 1. The number of benzene rings is 1. The van der Waals surface area contributed by atoms with Gasteiger partial charge in [0.25, 0.3) is 0 Å². The van der Waals surface area contributed by atoms with Gasteiger partial charge in [0.15, 0.2) is 11.6 Å². The highest BCUT2D eigenvalue weighted by Crippen LogP contribution is 2.49. The van der Waals surface area contributed by atoms with Gasteiger partial charge in [0.2, 0.25) is 0 Å². The molecule has 3 fully saturated rings. The van der Waals surface area contributed by atoms with Crippen molar-refractivity contribution in [3.8, 4) is 0 Å². The maximum absolute atomic E-state index is 12.7. The molecule has 0 radical (unpaired) electrons. The minimum Gasteiger partial charge on any atom is -0.380 e. The molecule has 3 aliphatic rings. The first-order valence-corrected chi connectivity index (χ1v) is 7.74. The molecular formula is C17H20O4. The lowest BCUT2D eigenvalue weighted by molar-refractivity contribution is -0.291. The van der Waals surface area contributed by atoms with Gasteiger partial charge in [-0.2, -0.15) is 0 Å². The van der Waals surface area contributed by atoms with E-state index in [-0.39, 0.29) is 23.5 Å². The molecule has 112 valence electrons. The van der Waals surface area contributed by atoms with Crippen LogP contribution < -0.4 is 0 Å². The zero-order valence-corrected chi connectivity index (χ0v) is 12.0. The Balaban J connectivity index is 1.57. The Hall–Kier alpha value is -1.23. The Bertz CT molecular complexity index is 505. The number of ether oxygens (including phenoxy) is 3. The first-order chi connectivity index (χ1) is 10.3. The van der Waals surface area contributed by atoms with Gasteiger partial charge < -0.3 is 14.2 Å². The molecule has 1 aromatic carbocycles. The quantitative estimate of drug-likeness (QED) is 0.783. The Morgan fingerprint density at radius 1 is 1.00 bits per heavy atom. The van der Waals surface area contributed by atoms with Crippen LogP contribution >= 0.6 is 0 Å². The Morgan fingerprint density at radius 3 is 2.24 bits per heavy atom. The summed E-state index contributed by atoms with van der Waals surface area (Å²) in [7, 11) is 0. The van der Waals surface area contributed by atoms with Crippen LogP contribution in [-0.4, -0.2) is 38.0 Å². The van der Waals surface area contributed by atoms with Crippen LogP contribution in [0.1, 0.15) is 23.2 Å². The summed E-state index contributed by atoms with van der Waals surface area (Å²) in [4.78, 5) is 12.7. The van der Waals surface area contributed by atoms with E-state index in [1.165, 1.54) is 0 Å². The van der Waals surface area contributed by atoms with Crippen molar-refractivity contribution in [1.29, 1.82) is 0 Å². The van der Waals surface area contributed by atoms with Crippen LogP contribution in [0.3, 0.4) is 0 Å². The van der Waals surface area contributed by atoms with Gasteiger partial charge in [-0.25, -0.2) is 0 Å². The van der Waals surface area contributed by atoms with Gasteiger partial charge in [-0.3, -0.25) is 4.79 Å². The monoisotopic (exact) mass is 288 g/mol. The molecule has 1 saturated carbocycles. The smallest absolute Gasteiger partial charge is 0.178 e. The molecule has 2 saturated heterocycles. The van der Waals surface area contributed by atoms with E-state index in [4.69, 9.17) is 14.2 Å². The van der Waals surface area contributed by atoms with Crippen molar-refractivity contribution in [2.45, 2.75) is 18.6 Å². The topological polar surface area (TPSA) is 44.8 Å². The van der Waals surface area contributed by atoms with Crippen LogP contribution in [0.5, 0.6) is 0 Å². The summed E-state index contributed by atoms with van der Waals surface area (Å²) in [5, 5.41) is 0. The van der Waals surface area contributed by atoms with Crippen molar-refractivity contribution in [3.05, 3.63) is 35.9 Å². The maximum atomic E-state index is 12.7. The van der Waals surface area contributed by atoms with Crippen molar-refractivity contribution in [3.63, 3.8) is 0 Å². The molecule has 2 heterocycles. The number of hydrogen-bond acceptors (Lipinski definition) is 4. The molecule has 2 atom stereocenters. The van der Waals surface area contributed by atoms with Crippen molar-refractivity contribution in [1.82, 2.24) is 0 Å². The molecule has 0 unspecified atom stereocenters. The van der Waals surface area contributed by atoms with Gasteiger partial charge >= 0.3 is 0 Å². The number of rotatable bonds is 2. The second kappa shape index (κ2) is 5.20. The zero-order valence-electron chi connectivity index (χ0n) is 12.0. The minimum atomic E-state index is -0.480. The van der Waals surface area contributed by atoms with Crippen LogP contribution in [0.2, 0.25) is 0 Å². The molecule has 0 amide bonds. The van der Waals surface area contributed by atoms with Crippen molar-refractivity contribution >= 4 is 5.78 Å². The summed E-state index contributed by atoms with van der Waals surface area (Å²) in [6.07, 6.45) is 1.59. The van der Waals surface area contributed by atoms with Crippen molar-refractivity contribution in [2.24, 2.45) is 17.8 Å². The third-order valence-corrected chi connectivity index (χ3v) is 5.08. The fourth-order valence-electron chi connectivity index (χ4n) is 4.13. The Kier molecular flexibility index (Phi) is 3.32. The summed E-state index contributed by atoms with van der Waals surface area (Å²) in [6.45, 7) is 2.58. The average molecular weight is 288 g/mol. The maximum Gasteiger partial charge on any atom is 0.178 e. The standard InChI is InChI=1S/C17H20O4/c18-16(12-4-2-1-3-5-12)13-8-14-10-19-11-15(9-13)17(14)20-6-7-21-17/h1-5,13-15H,6-11H2/t14-,15-/m0/s1. The predicted molar refractivity (Wildman–Crippen MR) is 75.9 cm³/mol. The summed E-state index contributed by atoms with van der Waals surface area (Å²) in [6, 6.07) is 9.59. The first-order valence-electron chi connectivity index (χ1n) is 7.74. The van der Waals surface area contributed by atoms with Gasteiger partial charge in [0.05, 0.1) is 26.4 Å². The van der Waals surface area contributed by atoms with E-state index < -0.39 is 5.79 Å². The highest BCUT2D eigenvalue weighted by Gasteiger charge is 2.57. The predicted octanol–water partition coefficient (Wildman–Crippen LogP) is 2.29. The summed E-state index contributed by atoms with van der Waals surface area (Å²) in [5.74, 6) is 0.173. The van der Waals surface area contributed by atoms with Crippen molar-refractivity contribution in [2.75, 3.05) is 26.4 Å². The lowest BCUT2D eigenvalue weighted by Gasteiger charge is -2.50. The zero-order chi connectivity index (χ0) is 14.3. The lowest BCUT2D eigenvalue weighted by Crippen LogP contribution is -2.58. The molecule has 21 heavy (non-hydrogen) atoms. The molecule has 1 spiro atoms. The number of carbonyl (C=O) groups is 1. The Labute approximate surface area is 124 Å². The van der Waals surface area contributed by atoms with E-state index in [1.54, 1.807) is 0 Å². The molecular weight excluding hydrogens is 268 g/mol. The van der Waals surface area contributed by atoms with E-state index in [2.05, 4.69) is 0 Å². The summed E-state index contributed by atoms with van der Waals surface area (Å²) >= 11 is 0. The van der Waals surface area contributed by atoms with Crippen LogP contribution in [-0.2, 0) is 14.2 Å². The van der Waals surface area contributed by atoms with Gasteiger partial charge in [-0.1, -0.05) is 30.3 Å². The Morgan fingerprint density at radius 2 is 1.62 bits per heavy atom. The van der Waals surface area contributed by atoms with E-state index in [0.717, 1.165) is 18.4 Å². The van der Waals surface area contributed by atoms with E-state index >= 15 is 0 Å². The second-order valence-corrected chi connectivity index (χ2v) is 6.25. The van der Waals surface area contributed by atoms with Gasteiger partial charge in [0, 0.05) is 23.3 Å². The fraction of sp³-hybridized carbons (Fsp3) is 0.588. The molecule has 0 aromatic heterocycles. The highest BCUT2D eigenvalue weighted by atomic mass is 16.7. The van der Waals surface area contributed by atoms with E-state index in [0.29, 0.717) is 26.4 Å². The molecule has 1 aliphatic carbocycles. The van der Waals surface area contributed by atoms with Gasteiger partial charge in [0.1, 0.15) is 0 Å². The average Bonchev–Trinajstić information content (AvgIpc) is 2.97. The molecule has 4 rings (SSSR count). The molecule has 4 nitrogen and oxygen atoms in total. The molecule has 2 aliphatic heterocycles. The van der Waals surface area contributed by atoms with Crippen molar-refractivity contribution < 1.29 is 19.0 Å². The largest absolute Gasteiger partial charge is 0.380 e. The highest BCUT2D eigenvalue weighted by molar-refractivity contribution is 5.97. The third-order valence-electron chi connectivity index (χ3n) is 5.08. The SMILES string of the molecule is O=C(c1ccccc1)C1C[C@H]2COC[C@H](C1)C21OCCO1. The van der Waals surface area contributed by atoms with Crippen LogP contribution in [0.15, 0.2) is 30.3 Å². The van der Waals surface area contributed by atoms with E-state index in [9.17, 15) is 4.79 Å². The minimum absolute atomic E-state index is 0.0599. The fourth-order valence-corrected chi connectivity index (χ4v) is 4.13. The van der Waals surface area contributed by atoms with Gasteiger partial charge in [-0.05, 0) is 12.8 Å². The third kappa shape index (κ3) is 2.13. The summed E-state index contributed by atoms with van der Waals surface area (Å²) < 4.78 is 17.6. The molecule has 4 heteroatoms. The second-order valence-electron chi connectivity index (χ2n) is 6.25. The van der Waals surface area contributed by atoms with Crippen LogP contribution in [0.25, 0.3) is 0 Å². The first kappa shape index (κ1) is 13.4. The number of carbonyl (C=O) groups excluding carboxylic acids is 1.